The molecule has 19 heavy (non-hydrogen) atoms. The Morgan fingerprint density at radius 3 is 2.47 bits per heavy atom. The van der Waals surface area contributed by atoms with Crippen LogP contribution in [0, 0.1) is 5.82 Å². The smallest absolute Gasteiger partial charge is 0.255 e. The maximum atomic E-state index is 13.5. The van der Waals surface area contributed by atoms with E-state index in [0.717, 1.165) is 4.47 Å². The Balaban J connectivity index is 2.17. The number of rotatable bonds is 3. The summed E-state index contributed by atoms with van der Waals surface area (Å²) in [4.78, 5) is 13.8. The van der Waals surface area contributed by atoms with Crippen molar-refractivity contribution < 1.29 is 9.18 Å². The van der Waals surface area contributed by atoms with Crippen molar-refractivity contribution in [2.75, 3.05) is 7.05 Å². The Morgan fingerprint density at radius 1 is 1.16 bits per heavy atom. The molecule has 0 unspecified atom stereocenters. The molecule has 0 aliphatic rings. The fraction of sp³-hybridized carbons (Fsp3) is 0.133. The summed E-state index contributed by atoms with van der Waals surface area (Å²) >= 11 is 3.34. The summed E-state index contributed by atoms with van der Waals surface area (Å²) in [7, 11) is 1.66. The lowest BCUT2D eigenvalue weighted by atomic mass is 10.1. The van der Waals surface area contributed by atoms with Gasteiger partial charge >= 0.3 is 0 Å². The lowest BCUT2D eigenvalue weighted by molar-refractivity contribution is 0.0783. The van der Waals surface area contributed by atoms with Gasteiger partial charge in [0, 0.05) is 23.6 Å². The number of amides is 1. The third-order valence-electron chi connectivity index (χ3n) is 2.82. The molecule has 0 radical (unpaired) electrons. The molecule has 0 aliphatic heterocycles. The van der Waals surface area contributed by atoms with E-state index in [1.54, 1.807) is 37.4 Å². The lowest BCUT2D eigenvalue weighted by Crippen LogP contribution is -2.26. The van der Waals surface area contributed by atoms with Gasteiger partial charge in [0.25, 0.3) is 5.91 Å². The van der Waals surface area contributed by atoms with Gasteiger partial charge in [-0.05, 0) is 34.1 Å². The van der Waals surface area contributed by atoms with Gasteiger partial charge in [-0.25, -0.2) is 4.39 Å². The average molecular weight is 322 g/mol. The van der Waals surface area contributed by atoms with E-state index < -0.39 is 0 Å². The molecule has 4 heteroatoms. The first kappa shape index (κ1) is 13.7. The van der Waals surface area contributed by atoms with Crippen molar-refractivity contribution in [3.63, 3.8) is 0 Å². The number of benzene rings is 2. The first-order valence-corrected chi connectivity index (χ1v) is 6.62. The SMILES string of the molecule is CN(Cc1ccccc1F)C(=O)c1ccccc1Br. The van der Waals surface area contributed by atoms with Crippen molar-refractivity contribution in [3.8, 4) is 0 Å². The summed E-state index contributed by atoms with van der Waals surface area (Å²) in [6.45, 7) is 0.243. The Kier molecular flexibility index (Phi) is 4.32. The van der Waals surface area contributed by atoms with Gasteiger partial charge in [0.2, 0.25) is 0 Å². The van der Waals surface area contributed by atoms with Gasteiger partial charge in [-0.3, -0.25) is 4.79 Å². The zero-order valence-electron chi connectivity index (χ0n) is 10.4. The van der Waals surface area contributed by atoms with Crippen molar-refractivity contribution >= 4 is 21.8 Å². The summed E-state index contributed by atoms with van der Waals surface area (Å²) < 4.78 is 14.3. The Hall–Kier alpha value is -1.68. The van der Waals surface area contributed by atoms with E-state index >= 15 is 0 Å². The highest BCUT2D eigenvalue weighted by Gasteiger charge is 2.15. The molecule has 2 rings (SSSR count). The Bertz CT molecular complexity index is 600. The molecule has 0 atom stereocenters. The van der Waals surface area contributed by atoms with Crippen molar-refractivity contribution in [2.45, 2.75) is 6.54 Å². The summed E-state index contributed by atoms with van der Waals surface area (Å²) in [6.07, 6.45) is 0. The second kappa shape index (κ2) is 5.97. The van der Waals surface area contributed by atoms with Crippen LogP contribution < -0.4 is 0 Å². The monoisotopic (exact) mass is 321 g/mol. The Labute approximate surface area is 120 Å². The number of carbonyl (C=O) groups excluding carboxylic acids is 1. The molecule has 98 valence electrons. The lowest BCUT2D eigenvalue weighted by Gasteiger charge is -2.18. The molecule has 1 amide bonds. The summed E-state index contributed by atoms with van der Waals surface area (Å²) in [5, 5.41) is 0. The molecular weight excluding hydrogens is 309 g/mol. The zero-order valence-corrected chi connectivity index (χ0v) is 12.0. The van der Waals surface area contributed by atoms with Gasteiger partial charge in [-0.15, -0.1) is 0 Å². The molecule has 2 aromatic carbocycles. The van der Waals surface area contributed by atoms with Gasteiger partial charge < -0.3 is 4.90 Å². The average Bonchev–Trinajstić information content (AvgIpc) is 2.41. The minimum absolute atomic E-state index is 0.143. The summed E-state index contributed by atoms with van der Waals surface area (Å²) in [5.74, 6) is -0.440. The van der Waals surface area contributed by atoms with E-state index in [2.05, 4.69) is 15.9 Å². The third kappa shape index (κ3) is 3.20. The predicted octanol–water partition coefficient (Wildman–Crippen LogP) is 3.86. The van der Waals surface area contributed by atoms with E-state index in [1.165, 1.54) is 11.0 Å². The second-order valence-electron chi connectivity index (χ2n) is 4.23. The Morgan fingerprint density at radius 2 is 1.79 bits per heavy atom. The fourth-order valence-corrected chi connectivity index (χ4v) is 2.25. The zero-order chi connectivity index (χ0) is 13.8. The maximum Gasteiger partial charge on any atom is 0.255 e. The fourth-order valence-electron chi connectivity index (χ4n) is 1.79. The van der Waals surface area contributed by atoms with Crippen LogP contribution in [0.3, 0.4) is 0 Å². The molecule has 0 saturated heterocycles. The highest BCUT2D eigenvalue weighted by Crippen LogP contribution is 2.18. The van der Waals surface area contributed by atoms with E-state index in [1.807, 2.05) is 12.1 Å². The molecule has 0 N–H and O–H groups in total. The van der Waals surface area contributed by atoms with E-state index in [4.69, 9.17) is 0 Å². The van der Waals surface area contributed by atoms with Crippen LogP contribution in [0.4, 0.5) is 4.39 Å². The number of halogens is 2. The van der Waals surface area contributed by atoms with E-state index in [0.29, 0.717) is 11.1 Å². The summed E-state index contributed by atoms with van der Waals surface area (Å²) in [5.41, 5.74) is 1.08. The quantitative estimate of drug-likeness (QED) is 0.840. The van der Waals surface area contributed by atoms with Gasteiger partial charge in [-0.2, -0.15) is 0 Å². The standard InChI is InChI=1S/C15H13BrFNO/c1-18(10-11-6-2-5-9-14(11)17)15(19)12-7-3-4-8-13(12)16/h2-9H,10H2,1H3. The van der Waals surface area contributed by atoms with Crippen LogP contribution in [-0.4, -0.2) is 17.9 Å². The molecule has 2 aromatic rings. The van der Waals surface area contributed by atoms with Crippen molar-refractivity contribution in [2.24, 2.45) is 0 Å². The van der Waals surface area contributed by atoms with Crippen molar-refractivity contribution in [3.05, 3.63) is 69.9 Å². The minimum Gasteiger partial charge on any atom is -0.337 e. The molecule has 0 fully saturated rings. The largest absolute Gasteiger partial charge is 0.337 e. The number of hydrogen-bond acceptors (Lipinski definition) is 1. The molecule has 0 bridgehead atoms. The molecule has 2 nitrogen and oxygen atoms in total. The highest BCUT2D eigenvalue weighted by molar-refractivity contribution is 9.10. The molecule has 0 spiro atoms. The first-order valence-electron chi connectivity index (χ1n) is 5.83. The van der Waals surface area contributed by atoms with Crippen molar-refractivity contribution in [1.29, 1.82) is 0 Å². The predicted molar refractivity (Wildman–Crippen MR) is 76.3 cm³/mol. The van der Waals surface area contributed by atoms with Crippen molar-refractivity contribution in [1.82, 2.24) is 4.90 Å². The molecule has 0 heterocycles. The first-order chi connectivity index (χ1) is 9.09. The maximum absolute atomic E-state index is 13.5. The van der Waals surface area contributed by atoms with Crippen LogP contribution in [0.1, 0.15) is 15.9 Å². The molecule has 0 aliphatic carbocycles. The van der Waals surface area contributed by atoms with Crippen LogP contribution in [0.2, 0.25) is 0 Å². The van der Waals surface area contributed by atoms with Gasteiger partial charge in [0.1, 0.15) is 5.82 Å². The molecule has 0 saturated carbocycles. The molecular formula is C15H13BrFNO. The summed E-state index contributed by atoms with van der Waals surface area (Å²) in [6, 6.07) is 13.7. The number of nitrogens with zero attached hydrogens (tertiary/aromatic N) is 1. The molecule has 0 aromatic heterocycles. The van der Waals surface area contributed by atoms with Gasteiger partial charge in [-0.1, -0.05) is 30.3 Å². The van der Waals surface area contributed by atoms with Crippen LogP contribution in [-0.2, 0) is 6.54 Å². The number of carbonyl (C=O) groups is 1. The van der Waals surface area contributed by atoms with Crippen LogP contribution >= 0.6 is 15.9 Å². The third-order valence-corrected chi connectivity index (χ3v) is 3.51. The second-order valence-corrected chi connectivity index (χ2v) is 5.09. The van der Waals surface area contributed by atoms with Crippen LogP contribution in [0.5, 0.6) is 0 Å². The van der Waals surface area contributed by atoms with Crippen LogP contribution in [0.25, 0.3) is 0 Å². The minimum atomic E-state index is -0.297. The van der Waals surface area contributed by atoms with E-state index in [-0.39, 0.29) is 18.3 Å². The van der Waals surface area contributed by atoms with E-state index in [9.17, 15) is 9.18 Å². The van der Waals surface area contributed by atoms with Crippen LogP contribution in [0.15, 0.2) is 53.0 Å². The van der Waals surface area contributed by atoms with Gasteiger partial charge in [0.05, 0.1) is 5.56 Å². The highest BCUT2D eigenvalue weighted by atomic mass is 79.9. The topological polar surface area (TPSA) is 20.3 Å². The number of hydrogen-bond donors (Lipinski definition) is 0. The normalized spacial score (nSPS) is 10.3. The van der Waals surface area contributed by atoms with Gasteiger partial charge in [0.15, 0.2) is 0 Å².